The number of carbonyl (C=O) groups is 4. The number of benzene rings is 1. The number of halogens is 2. The number of nitrogens with zero attached hydrogens (tertiary/aromatic N) is 4. The Morgan fingerprint density at radius 3 is 2.20 bits per heavy atom. The number of likely N-dealkylation sites (N-methyl/N-ethyl adjacent to an activating group) is 1. The topological polar surface area (TPSA) is 113 Å². The van der Waals surface area contributed by atoms with Gasteiger partial charge in [-0.3, -0.25) is 19.3 Å². The van der Waals surface area contributed by atoms with Gasteiger partial charge in [0, 0.05) is 58.3 Å². The number of amides is 4. The molecular weight excluding hydrogens is 600 g/mol. The van der Waals surface area contributed by atoms with E-state index in [1.54, 1.807) is 48.1 Å². The molecular formula is C33H47F2N5O6. The summed E-state index contributed by atoms with van der Waals surface area (Å²) in [5.74, 6) is -2.99. The summed E-state index contributed by atoms with van der Waals surface area (Å²) in [7, 11) is 3.01. The van der Waals surface area contributed by atoms with E-state index in [0.717, 1.165) is 44.2 Å². The standard InChI is InChI=1S/C33H47F2N5O6/c1-21(37(5)32(44)46-33(2,3)4)29(41)36-28(22-10-8-7-9-11-22)31(43)39-14-12-38(13-15-39)30(42)27-19-23-18-24(34)25(35)20-26(23)40(27)16-17-45-6/h18-22,28H,7-17H2,1-6H3,(H,36,41)/t21-,28-/m0/s1. The van der Waals surface area contributed by atoms with Crippen molar-refractivity contribution < 1.29 is 37.4 Å². The summed E-state index contributed by atoms with van der Waals surface area (Å²) in [4.78, 5) is 58.1. The average Bonchev–Trinajstić information content (AvgIpc) is 3.37. The lowest BCUT2D eigenvalue weighted by atomic mass is 9.83. The molecule has 1 N–H and O–H groups in total. The van der Waals surface area contributed by atoms with Crippen LogP contribution in [0.2, 0.25) is 0 Å². The van der Waals surface area contributed by atoms with Gasteiger partial charge in [-0.2, -0.15) is 0 Å². The first kappa shape index (κ1) is 35.1. The fourth-order valence-electron chi connectivity index (χ4n) is 6.14. The van der Waals surface area contributed by atoms with Crippen LogP contribution in [-0.2, 0) is 25.6 Å². The van der Waals surface area contributed by atoms with Crippen molar-refractivity contribution in [1.82, 2.24) is 24.6 Å². The monoisotopic (exact) mass is 647 g/mol. The third kappa shape index (κ3) is 8.15. The van der Waals surface area contributed by atoms with Crippen LogP contribution >= 0.6 is 0 Å². The average molecular weight is 648 g/mol. The van der Waals surface area contributed by atoms with Crippen LogP contribution in [0.3, 0.4) is 0 Å². The van der Waals surface area contributed by atoms with Crippen molar-refractivity contribution in [2.75, 3.05) is 46.9 Å². The highest BCUT2D eigenvalue weighted by Crippen LogP contribution is 2.29. The second-order valence-corrected chi connectivity index (χ2v) is 13.3. The van der Waals surface area contributed by atoms with Gasteiger partial charge in [0.2, 0.25) is 11.8 Å². The minimum Gasteiger partial charge on any atom is -0.444 e. The van der Waals surface area contributed by atoms with E-state index < -0.39 is 41.3 Å². The third-order valence-corrected chi connectivity index (χ3v) is 8.89. The van der Waals surface area contributed by atoms with Crippen molar-refractivity contribution >= 4 is 34.7 Å². The summed E-state index contributed by atoms with van der Waals surface area (Å²) in [6.07, 6.45) is 3.98. The van der Waals surface area contributed by atoms with E-state index in [-0.39, 0.29) is 62.8 Å². The van der Waals surface area contributed by atoms with Gasteiger partial charge in [-0.15, -0.1) is 0 Å². The molecule has 1 aliphatic carbocycles. The van der Waals surface area contributed by atoms with Crippen LogP contribution in [0.25, 0.3) is 10.9 Å². The highest BCUT2D eigenvalue weighted by Gasteiger charge is 2.38. The Hall–Kier alpha value is -3.74. The van der Waals surface area contributed by atoms with Gasteiger partial charge in [0.25, 0.3) is 5.91 Å². The normalized spacial score (nSPS) is 17.5. The zero-order chi connectivity index (χ0) is 33.8. The van der Waals surface area contributed by atoms with Crippen molar-refractivity contribution in [3.8, 4) is 0 Å². The van der Waals surface area contributed by atoms with Crippen molar-refractivity contribution in [3.63, 3.8) is 0 Å². The highest BCUT2D eigenvalue weighted by atomic mass is 19.2. The zero-order valence-corrected chi connectivity index (χ0v) is 27.7. The zero-order valence-electron chi connectivity index (χ0n) is 27.7. The number of hydrogen-bond donors (Lipinski definition) is 1. The number of fused-ring (bicyclic) bond motifs is 1. The fourth-order valence-corrected chi connectivity index (χ4v) is 6.14. The van der Waals surface area contributed by atoms with Crippen molar-refractivity contribution in [2.24, 2.45) is 5.92 Å². The van der Waals surface area contributed by atoms with E-state index >= 15 is 0 Å². The Kier molecular flexibility index (Phi) is 11.3. The van der Waals surface area contributed by atoms with Crippen LogP contribution in [0.15, 0.2) is 18.2 Å². The molecule has 1 aromatic heterocycles. The molecule has 4 amide bonds. The van der Waals surface area contributed by atoms with Gasteiger partial charge in [0.05, 0.1) is 12.1 Å². The molecule has 2 atom stereocenters. The SMILES string of the molecule is COCCn1c(C(=O)N2CCN(C(=O)[C@@H](NC(=O)[C@H](C)N(C)C(=O)OC(C)(C)C)C3CCCCC3)CC2)cc2cc(F)c(F)cc21. The molecule has 1 saturated heterocycles. The van der Waals surface area contributed by atoms with Gasteiger partial charge in [0.15, 0.2) is 11.6 Å². The Balaban J connectivity index is 1.46. The molecule has 0 spiro atoms. The first-order valence-corrected chi connectivity index (χ1v) is 16.0. The van der Waals surface area contributed by atoms with Gasteiger partial charge in [-0.1, -0.05) is 19.3 Å². The second kappa shape index (κ2) is 14.8. The predicted octanol–water partition coefficient (Wildman–Crippen LogP) is 4.17. The number of carbonyl (C=O) groups excluding carboxylic acids is 4. The molecule has 13 heteroatoms. The maximum Gasteiger partial charge on any atom is 0.410 e. The van der Waals surface area contributed by atoms with E-state index in [2.05, 4.69) is 5.32 Å². The third-order valence-electron chi connectivity index (χ3n) is 8.89. The predicted molar refractivity (Wildman–Crippen MR) is 168 cm³/mol. The van der Waals surface area contributed by atoms with Crippen LogP contribution in [0.5, 0.6) is 0 Å². The number of piperazine rings is 1. The molecule has 2 heterocycles. The first-order chi connectivity index (χ1) is 21.7. The quantitative estimate of drug-likeness (QED) is 0.437. The summed E-state index contributed by atoms with van der Waals surface area (Å²) < 4.78 is 40.3. The van der Waals surface area contributed by atoms with Crippen molar-refractivity contribution in [3.05, 3.63) is 35.5 Å². The molecule has 0 bridgehead atoms. The molecule has 0 radical (unpaired) electrons. The number of rotatable bonds is 9. The van der Waals surface area contributed by atoms with Crippen molar-refractivity contribution in [1.29, 1.82) is 0 Å². The van der Waals surface area contributed by atoms with Crippen LogP contribution in [0.4, 0.5) is 13.6 Å². The number of ether oxygens (including phenoxy) is 2. The Bertz CT molecular complexity index is 1430. The first-order valence-electron chi connectivity index (χ1n) is 16.0. The summed E-state index contributed by atoms with van der Waals surface area (Å²) in [5, 5.41) is 3.36. The molecule has 1 aliphatic heterocycles. The molecule has 0 unspecified atom stereocenters. The molecule has 1 saturated carbocycles. The van der Waals surface area contributed by atoms with E-state index in [1.807, 2.05) is 0 Å². The molecule has 4 rings (SSSR count). The number of methoxy groups -OCH3 is 1. The smallest absolute Gasteiger partial charge is 0.410 e. The maximum absolute atomic E-state index is 14.1. The minimum absolute atomic E-state index is 0.0406. The van der Waals surface area contributed by atoms with Gasteiger partial charge in [-0.25, -0.2) is 13.6 Å². The summed E-state index contributed by atoms with van der Waals surface area (Å²) in [5.41, 5.74) is -0.0415. The molecule has 2 aromatic rings. The van der Waals surface area contributed by atoms with Gasteiger partial charge in [0.1, 0.15) is 23.4 Å². The summed E-state index contributed by atoms with van der Waals surface area (Å²) in [6.45, 7) is 8.41. The molecule has 11 nitrogen and oxygen atoms in total. The summed E-state index contributed by atoms with van der Waals surface area (Å²) >= 11 is 0. The lowest BCUT2D eigenvalue weighted by molar-refractivity contribution is -0.140. The van der Waals surface area contributed by atoms with Gasteiger partial charge < -0.3 is 29.2 Å². The molecule has 46 heavy (non-hydrogen) atoms. The van der Waals surface area contributed by atoms with E-state index in [4.69, 9.17) is 9.47 Å². The highest BCUT2D eigenvalue weighted by molar-refractivity contribution is 5.99. The lowest BCUT2D eigenvalue weighted by Gasteiger charge is -2.39. The molecule has 254 valence electrons. The minimum atomic E-state index is -0.999. The van der Waals surface area contributed by atoms with Gasteiger partial charge >= 0.3 is 6.09 Å². The van der Waals surface area contributed by atoms with E-state index in [0.29, 0.717) is 10.9 Å². The van der Waals surface area contributed by atoms with Crippen molar-refractivity contribution in [2.45, 2.75) is 84.0 Å². The van der Waals surface area contributed by atoms with Crippen LogP contribution < -0.4 is 5.32 Å². The largest absolute Gasteiger partial charge is 0.444 e. The Morgan fingerprint density at radius 1 is 0.978 bits per heavy atom. The molecule has 2 fully saturated rings. The number of nitrogens with one attached hydrogen (secondary N) is 1. The van der Waals surface area contributed by atoms with Gasteiger partial charge in [-0.05, 0) is 58.6 Å². The maximum atomic E-state index is 14.1. The number of aromatic nitrogens is 1. The second-order valence-electron chi connectivity index (χ2n) is 13.3. The van der Waals surface area contributed by atoms with E-state index in [1.165, 1.54) is 19.1 Å². The van der Waals surface area contributed by atoms with E-state index in [9.17, 15) is 28.0 Å². The molecule has 1 aromatic carbocycles. The van der Waals surface area contributed by atoms with Crippen LogP contribution in [0, 0.1) is 17.6 Å². The fraction of sp³-hybridized carbons (Fsp3) is 0.636. The Labute approximate surface area is 269 Å². The lowest BCUT2D eigenvalue weighted by Crippen LogP contribution is -2.59. The number of hydrogen-bond acceptors (Lipinski definition) is 6. The Morgan fingerprint density at radius 2 is 1.59 bits per heavy atom. The summed E-state index contributed by atoms with van der Waals surface area (Å²) in [6, 6.07) is 2.09. The molecule has 2 aliphatic rings. The van der Waals surface area contributed by atoms with Crippen LogP contribution in [-0.4, -0.2) is 108 Å². The van der Waals surface area contributed by atoms with Crippen LogP contribution in [0.1, 0.15) is 70.3 Å².